The number of fused-ring (bicyclic) bond motifs is 1. The normalized spacial score (nSPS) is 18.8. The molecule has 4 nitrogen and oxygen atoms in total. The Labute approximate surface area is 197 Å². The van der Waals surface area contributed by atoms with E-state index in [9.17, 15) is 18.0 Å². The highest BCUT2D eigenvalue weighted by Gasteiger charge is 2.39. The molecule has 1 heterocycles. The third kappa shape index (κ3) is 5.71. The molecule has 9 heteroatoms. The van der Waals surface area contributed by atoms with Gasteiger partial charge in [0.1, 0.15) is 5.75 Å². The summed E-state index contributed by atoms with van der Waals surface area (Å²) in [7, 11) is 5.39. The van der Waals surface area contributed by atoms with E-state index in [2.05, 4.69) is 0 Å². The Morgan fingerprint density at radius 3 is 2.34 bits per heavy atom. The minimum Gasteiger partial charge on any atom is -0.497 e. The van der Waals surface area contributed by atoms with E-state index >= 15 is 0 Å². The molecular weight excluding hydrogens is 461 g/mol. The van der Waals surface area contributed by atoms with Crippen molar-refractivity contribution in [2.45, 2.75) is 23.8 Å². The van der Waals surface area contributed by atoms with Crippen LogP contribution in [0.25, 0.3) is 0 Å². The van der Waals surface area contributed by atoms with Gasteiger partial charge in [0.15, 0.2) is 0 Å². The Morgan fingerprint density at radius 1 is 1.16 bits per heavy atom. The Kier molecular flexibility index (Phi) is 8.90. The molecular formula is C23H28ClF3N2O2S. The molecule has 0 radical (unpaired) electrons. The van der Waals surface area contributed by atoms with Crippen molar-refractivity contribution >= 4 is 35.8 Å². The lowest BCUT2D eigenvalue weighted by Crippen LogP contribution is -2.42. The number of amides is 1. The van der Waals surface area contributed by atoms with Crippen LogP contribution in [0.1, 0.15) is 22.6 Å². The van der Waals surface area contributed by atoms with Crippen molar-refractivity contribution in [3.63, 3.8) is 0 Å². The fourth-order valence-electron chi connectivity index (χ4n) is 3.92. The highest BCUT2D eigenvalue weighted by Crippen LogP contribution is 2.41. The average Bonchev–Trinajstić information content (AvgIpc) is 2.84. The van der Waals surface area contributed by atoms with E-state index < -0.39 is 17.0 Å². The number of rotatable bonds is 6. The van der Waals surface area contributed by atoms with E-state index in [0.29, 0.717) is 36.5 Å². The SMILES string of the molecule is COc1ccc([C@H]2Cc3cc(C(F)(F)F)ccc3N(CCN(C)C)C(=O)[C@@H]2SC)cc1.Cl. The number of hydrogen-bond donors (Lipinski definition) is 0. The van der Waals surface area contributed by atoms with E-state index in [1.165, 1.54) is 23.9 Å². The summed E-state index contributed by atoms with van der Waals surface area (Å²) in [5, 5.41) is -0.405. The Balaban J connectivity index is 0.00000363. The Hall–Kier alpha value is -1.90. The molecule has 176 valence electrons. The third-order valence-corrected chi connectivity index (χ3v) is 6.62. The zero-order chi connectivity index (χ0) is 22.8. The van der Waals surface area contributed by atoms with Gasteiger partial charge in [0.05, 0.1) is 17.9 Å². The van der Waals surface area contributed by atoms with Crippen LogP contribution in [-0.4, -0.2) is 56.6 Å². The molecule has 0 spiro atoms. The fourth-order valence-corrected chi connectivity index (χ4v) is 4.83. The number of ether oxygens (including phenoxy) is 1. The van der Waals surface area contributed by atoms with Gasteiger partial charge in [-0.05, 0) is 68.2 Å². The quantitative estimate of drug-likeness (QED) is 0.566. The second kappa shape index (κ2) is 10.8. The number of likely N-dealkylation sites (N-methyl/N-ethyl adjacent to an activating group) is 1. The highest BCUT2D eigenvalue weighted by molar-refractivity contribution is 8.00. The molecule has 0 saturated carbocycles. The van der Waals surface area contributed by atoms with Crippen molar-refractivity contribution in [3.8, 4) is 5.75 Å². The molecule has 0 aliphatic carbocycles. The maximum absolute atomic E-state index is 13.6. The summed E-state index contributed by atoms with van der Waals surface area (Å²) < 4.78 is 45.5. The van der Waals surface area contributed by atoms with Crippen LogP contribution in [0.15, 0.2) is 42.5 Å². The van der Waals surface area contributed by atoms with Crippen molar-refractivity contribution in [2.24, 2.45) is 0 Å². The first-order chi connectivity index (χ1) is 14.7. The van der Waals surface area contributed by atoms with Crippen molar-refractivity contribution in [3.05, 3.63) is 59.2 Å². The monoisotopic (exact) mass is 488 g/mol. The van der Waals surface area contributed by atoms with Crippen LogP contribution in [0, 0.1) is 0 Å². The van der Waals surface area contributed by atoms with Crippen LogP contribution < -0.4 is 9.64 Å². The lowest BCUT2D eigenvalue weighted by molar-refractivity contribution is -0.137. The van der Waals surface area contributed by atoms with Gasteiger partial charge in [-0.15, -0.1) is 12.4 Å². The van der Waals surface area contributed by atoms with E-state index in [1.54, 1.807) is 12.0 Å². The molecule has 0 saturated heterocycles. The zero-order valence-electron chi connectivity index (χ0n) is 18.5. The van der Waals surface area contributed by atoms with Crippen molar-refractivity contribution < 1.29 is 22.7 Å². The summed E-state index contributed by atoms with van der Waals surface area (Å²) in [6.45, 7) is 1.02. The van der Waals surface area contributed by atoms with Crippen LogP contribution in [0.5, 0.6) is 5.75 Å². The van der Waals surface area contributed by atoms with Gasteiger partial charge < -0.3 is 14.5 Å². The molecule has 2 aromatic carbocycles. The van der Waals surface area contributed by atoms with Gasteiger partial charge in [-0.25, -0.2) is 0 Å². The number of halogens is 4. The first kappa shape index (κ1) is 26.4. The van der Waals surface area contributed by atoms with Crippen molar-refractivity contribution in [1.29, 1.82) is 0 Å². The molecule has 2 atom stereocenters. The minimum absolute atomic E-state index is 0. The van der Waals surface area contributed by atoms with Crippen molar-refractivity contribution in [2.75, 3.05) is 45.5 Å². The van der Waals surface area contributed by atoms with Crippen LogP contribution in [0.3, 0.4) is 0 Å². The number of methoxy groups -OCH3 is 1. The maximum atomic E-state index is 13.6. The third-order valence-electron chi connectivity index (χ3n) is 5.58. The topological polar surface area (TPSA) is 32.8 Å². The summed E-state index contributed by atoms with van der Waals surface area (Å²) in [4.78, 5) is 17.2. The van der Waals surface area contributed by atoms with Crippen LogP contribution >= 0.6 is 24.2 Å². The molecule has 1 aliphatic rings. The zero-order valence-corrected chi connectivity index (χ0v) is 20.1. The maximum Gasteiger partial charge on any atom is 0.416 e. The van der Waals surface area contributed by atoms with Gasteiger partial charge in [0, 0.05) is 24.7 Å². The summed E-state index contributed by atoms with van der Waals surface area (Å²) in [6.07, 6.45) is -2.21. The van der Waals surface area contributed by atoms with Gasteiger partial charge >= 0.3 is 6.18 Å². The molecule has 0 aromatic heterocycles. The number of benzene rings is 2. The molecule has 0 unspecified atom stereocenters. The Bertz CT molecular complexity index is 922. The molecule has 32 heavy (non-hydrogen) atoms. The van der Waals surface area contributed by atoms with E-state index in [4.69, 9.17) is 4.74 Å². The fraction of sp³-hybridized carbons (Fsp3) is 0.435. The van der Waals surface area contributed by atoms with Crippen LogP contribution in [0.4, 0.5) is 18.9 Å². The van der Waals surface area contributed by atoms with E-state index in [-0.39, 0.29) is 24.2 Å². The molecule has 3 rings (SSSR count). The van der Waals surface area contributed by atoms with Gasteiger partial charge in [0.2, 0.25) is 5.91 Å². The number of carbonyl (C=O) groups excluding carboxylic acids is 1. The van der Waals surface area contributed by atoms with Crippen molar-refractivity contribution in [1.82, 2.24) is 4.90 Å². The second-order valence-electron chi connectivity index (χ2n) is 7.87. The van der Waals surface area contributed by atoms with E-state index in [1.807, 2.05) is 49.5 Å². The molecule has 2 aromatic rings. The number of thioether (sulfide) groups is 1. The molecule has 0 bridgehead atoms. The number of carbonyl (C=O) groups is 1. The van der Waals surface area contributed by atoms with Gasteiger partial charge in [-0.3, -0.25) is 4.79 Å². The first-order valence-corrected chi connectivity index (χ1v) is 11.3. The van der Waals surface area contributed by atoms with Crippen LogP contribution in [0.2, 0.25) is 0 Å². The molecule has 0 fully saturated rings. The minimum atomic E-state index is -4.44. The lowest BCUT2D eigenvalue weighted by Gasteiger charge is -2.28. The smallest absolute Gasteiger partial charge is 0.416 e. The number of alkyl halides is 3. The number of anilines is 1. The Morgan fingerprint density at radius 2 is 1.81 bits per heavy atom. The summed E-state index contributed by atoms with van der Waals surface area (Å²) in [6, 6.07) is 11.1. The van der Waals surface area contributed by atoms with Gasteiger partial charge in [-0.1, -0.05) is 12.1 Å². The number of hydrogen-bond acceptors (Lipinski definition) is 4. The highest BCUT2D eigenvalue weighted by atomic mass is 35.5. The summed E-state index contributed by atoms with van der Waals surface area (Å²) in [5.41, 5.74) is 1.32. The summed E-state index contributed by atoms with van der Waals surface area (Å²) in [5.74, 6) is 0.366. The first-order valence-electron chi connectivity index (χ1n) is 9.98. The molecule has 1 amide bonds. The predicted octanol–water partition coefficient (Wildman–Crippen LogP) is 5.10. The van der Waals surface area contributed by atoms with E-state index in [0.717, 1.165) is 11.6 Å². The number of nitrogens with zero attached hydrogens (tertiary/aromatic N) is 2. The molecule has 1 aliphatic heterocycles. The largest absolute Gasteiger partial charge is 0.497 e. The van der Waals surface area contributed by atoms with Gasteiger partial charge in [-0.2, -0.15) is 24.9 Å². The van der Waals surface area contributed by atoms with Gasteiger partial charge in [0.25, 0.3) is 0 Å². The summed E-state index contributed by atoms with van der Waals surface area (Å²) >= 11 is 1.44. The average molecular weight is 489 g/mol. The van der Waals surface area contributed by atoms with Crippen LogP contribution in [-0.2, 0) is 17.4 Å². The lowest BCUT2D eigenvalue weighted by atomic mass is 9.88. The molecule has 0 N–H and O–H groups in total. The standard InChI is InChI=1S/C23H27F3N2O2S.ClH/c1-27(2)11-12-28-20-10-7-17(23(24,25)26)13-16(20)14-19(21(31-4)22(28)29)15-5-8-18(30-3)9-6-15;/h5-10,13,19,21H,11-12,14H2,1-4H3;1H/t19-,21-;/m1./s1. The predicted molar refractivity (Wildman–Crippen MR) is 126 cm³/mol. The second-order valence-corrected chi connectivity index (χ2v) is 8.85.